The number of fused-ring (bicyclic) bond motifs is 3. The average Bonchev–Trinajstić information content (AvgIpc) is 3.24. The van der Waals surface area contributed by atoms with Gasteiger partial charge in [-0.1, -0.05) is 65.3 Å². The predicted octanol–water partition coefficient (Wildman–Crippen LogP) is 7.46. The highest BCUT2D eigenvalue weighted by Gasteiger charge is 2.57. The van der Waals surface area contributed by atoms with Gasteiger partial charge in [0.05, 0.1) is 36.6 Å². The number of Topliss-reactive ketones (excluding diaryl/α,β-unsaturated/α-hetero) is 1. The van der Waals surface area contributed by atoms with Gasteiger partial charge in [-0.2, -0.15) is 0 Å². The lowest BCUT2D eigenvalue weighted by atomic mass is 9.81. The first kappa shape index (κ1) is 54.3. The van der Waals surface area contributed by atoms with Gasteiger partial charge in [0.25, 0.3) is 11.7 Å². The van der Waals surface area contributed by atoms with Crippen molar-refractivity contribution in [2.75, 3.05) is 27.9 Å². The van der Waals surface area contributed by atoms with Gasteiger partial charge in [0.1, 0.15) is 18.2 Å². The van der Waals surface area contributed by atoms with Crippen LogP contribution in [0.25, 0.3) is 0 Å². The molecule has 14 heteroatoms. The fourth-order valence-electron chi connectivity index (χ4n) is 10.2. The van der Waals surface area contributed by atoms with Crippen LogP contribution in [0, 0.1) is 29.6 Å². The highest BCUT2D eigenvalue weighted by atomic mass is 28.4. The highest BCUT2D eigenvalue weighted by molar-refractivity contribution is 6.74. The van der Waals surface area contributed by atoms with Gasteiger partial charge in [0.15, 0.2) is 8.32 Å². The van der Waals surface area contributed by atoms with Crippen LogP contribution >= 0.6 is 0 Å². The highest BCUT2D eigenvalue weighted by Crippen LogP contribution is 2.42. The second kappa shape index (κ2) is 23.2. The number of ether oxygens (including phenoxy) is 5. The maximum Gasteiger partial charge on any atom is 0.329 e. The molecule has 4 aliphatic rings. The lowest BCUT2D eigenvalue weighted by Crippen LogP contribution is -2.64. The Labute approximate surface area is 385 Å². The van der Waals surface area contributed by atoms with Crippen molar-refractivity contribution in [1.82, 2.24) is 4.90 Å². The summed E-state index contributed by atoms with van der Waals surface area (Å²) in [6.07, 6.45) is 6.48. The summed E-state index contributed by atoms with van der Waals surface area (Å²) in [6, 6.07) is -1.13. The smallest absolute Gasteiger partial charge is 0.329 e. The second-order valence-electron chi connectivity index (χ2n) is 21.3. The van der Waals surface area contributed by atoms with Gasteiger partial charge in [-0.25, -0.2) is 4.79 Å². The number of esters is 1. The fraction of sp³-hybridized carbons (Fsp3) is 0.820. The molecule has 3 fully saturated rings. The standard InChI is InChI=1S/C50H85NO12Si/c1-15-18-36-24-30(2)23-31(3)25-42(59-11)45-43(60-12)27-33(5)50(57,62-45)46(54)47(55)51-22-17-16-19-37(51)48(56)61-40(29-38(36)52)34(6)44(53)32(4)26-35-20-21-39(41(28-35)58-10)63-64(13,14)49(7,8)9/h15,24,26,31,33-45,52-53,57H,1,16-23,25,27-29H2,2-14H3/b30-24+,32-26+/t31-,33+,34+,35-,36+,37-,38?,39+,40-,41-,42-,43+,44+,45?,50+/m0/s1. The number of methoxy groups -OCH3 is 3. The quantitative estimate of drug-likeness (QED) is 0.0811. The Morgan fingerprint density at radius 3 is 2.23 bits per heavy atom. The summed E-state index contributed by atoms with van der Waals surface area (Å²) in [5, 5.41) is 36.2. The molecule has 2 bridgehead atoms. The lowest BCUT2D eigenvalue weighted by Gasteiger charge is -2.47. The van der Waals surface area contributed by atoms with E-state index in [1.807, 2.05) is 20.8 Å². The van der Waals surface area contributed by atoms with Gasteiger partial charge >= 0.3 is 5.97 Å². The number of nitrogens with zero attached hydrogens (tertiary/aromatic N) is 1. The van der Waals surface area contributed by atoms with E-state index in [0.29, 0.717) is 32.1 Å². The van der Waals surface area contributed by atoms with E-state index in [4.69, 9.17) is 28.1 Å². The molecule has 0 radical (unpaired) electrons. The van der Waals surface area contributed by atoms with Crippen molar-refractivity contribution < 1.29 is 57.8 Å². The Bertz CT molecular complexity index is 1640. The third kappa shape index (κ3) is 13.0. The molecule has 2 unspecified atom stereocenters. The predicted molar refractivity (Wildman–Crippen MR) is 250 cm³/mol. The Kier molecular flexibility index (Phi) is 19.7. The average molecular weight is 920 g/mol. The Morgan fingerprint density at radius 2 is 1.62 bits per heavy atom. The van der Waals surface area contributed by atoms with E-state index in [0.717, 1.165) is 30.4 Å². The van der Waals surface area contributed by atoms with E-state index in [2.05, 4.69) is 59.5 Å². The summed E-state index contributed by atoms with van der Waals surface area (Å²) in [5.74, 6) is -7.09. The first-order valence-electron chi connectivity index (χ1n) is 24.0. The zero-order valence-corrected chi connectivity index (χ0v) is 42.5. The van der Waals surface area contributed by atoms with Gasteiger partial charge < -0.3 is 48.3 Å². The molecule has 0 spiro atoms. The van der Waals surface area contributed by atoms with Crippen molar-refractivity contribution in [3.63, 3.8) is 0 Å². The SMILES string of the molecule is C=CC[C@@H]1/C=C(\C)C[C@H](C)C[C@H](OC)C2O[C@@](O)(C(=O)C(=O)N3CCCC[C@H]3C(=O)O[C@H]([C@@H](C)[C@H](O)/C(C)=C/[C@@H]3CC[C@@H](O[Si](C)(C)C(C)(C)C)[C@@H](OC)C3)CC1O)[C@H](C)C[C@H]2OC. The van der Waals surface area contributed by atoms with Crippen molar-refractivity contribution in [3.8, 4) is 0 Å². The molecule has 2 saturated heterocycles. The van der Waals surface area contributed by atoms with Crippen LogP contribution in [0.2, 0.25) is 18.1 Å². The Morgan fingerprint density at radius 1 is 0.984 bits per heavy atom. The topological polar surface area (TPSA) is 171 Å². The Hall–Kier alpha value is -2.27. The summed E-state index contributed by atoms with van der Waals surface area (Å²) < 4.78 is 37.2. The minimum atomic E-state index is -2.49. The van der Waals surface area contributed by atoms with Gasteiger partial charge in [-0.05, 0) is 114 Å². The van der Waals surface area contributed by atoms with Crippen molar-refractivity contribution in [2.24, 2.45) is 29.6 Å². The molecule has 366 valence electrons. The number of cyclic esters (lactones) is 1. The molecule has 1 aliphatic carbocycles. The van der Waals surface area contributed by atoms with Crippen molar-refractivity contribution in [3.05, 3.63) is 36.0 Å². The summed E-state index contributed by atoms with van der Waals surface area (Å²) in [4.78, 5) is 44.2. The third-order valence-corrected chi connectivity index (χ3v) is 19.8. The molecule has 1 saturated carbocycles. The van der Waals surface area contributed by atoms with E-state index in [1.165, 1.54) is 4.90 Å². The molecule has 1 amide bonds. The summed E-state index contributed by atoms with van der Waals surface area (Å²) in [5.41, 5.74) is 1.75. The third-order valence-electron chi connectivity index (χ3n) is 15.3. The number of piperidine rings is 1. The van der Waals surface area contributed by atoms with Gasteiger partial charge in [-0.3, -0.25) is 9.59 Å². The fourth-order valence-corrected chi connectivity index (χ4v) is 11.6. The van der Waals surface area contributed by atoms with Crippen LogP contribution in [-0.4, -0.2) is 135 Å². The summed E-state index contributed by atoms with van der Waals surface area (Å²) in [7, 11) is 2.80. The van der Waals surface area contributed by atoms with Crippen LogP contribution in [0.5, 0.6) is 0 Å². The molecular formula is C50H85NO12Si. The molecule has 3 heterocycles. The number of hydrogen-bond donors (Lipinski definition) is 3. The number of aliphatic hydroxyl groups is 3. The van der Waals surface area contributed by atoms with Crippen LogP contribution in [0.1, 0.15) is 126 Å². The number of carbonyl (C=O) groups excluding carboxylic acids is 3. The molecule has 3 N–H and O–H groups in total. The number of allylic oxidation sites excluding steroid dienone is 3. The van der Waals surface area contributed by atoms with Crippen molar-refractivity contribution in [1.29, 1.82) is 0 Å². The molecule has 64 heavy (non-hydrogen) atoms. The van der Waals surface area contributed by atoms with E-state index in [1.54, 1.807) is 34.3 Å². The van der Waals surface area contributed by atoms with Crippen LogP contribution in [0.4, 0.5) is 0 Å². The molecule has 3 aliphatic heterocycles. The van der Waals surface area contributed by atoms with Crippen molar-refractivity contribution >= 4 is 26.0 Å². The first-order valence-corrected chi connectivity index (χ1v) is 26.9. The first-order chi connectivity index (χ1) is 29.9. The molecule has 0 aromatic carbocycles. The van der Waals surface area contributed by atoms with Crippen molar-refractivity contribution in [2.45, 2.75) is 205 Å². The van der Waals surface area contributed by atoms with E-state index in [9.17, 15) is 29.7 Å². The van der Waals surface area contributed by atoms with Gasteiger partial charge in [0, 0.05) is 52.0 Å². The summed E-state index contributed by atoms with van der Waals surface area (Å²) >= 11 is 0. The van der Waals surface area contributed by atoms with Crippen LogP contribution in [0.3, 0.4) is 0 Å². The molecule has 13 nitrogen and oxygen atoms in total. The molecule has 0 aromatic heterocycles. The summed E-state index contributed by atoms with van der Waals surface area (Å²) in [6.45, 7) is 24.7. The largest absolute Gasteiger partial charge is 0.460 e. The molecule has 15 atom stereocenters. The maximum absolute atomic E-state index is 14.5. The minimum absolute atomic E-state index is 0.00721. The van der Waals surface area contributed by atoms with Crippen LogP contribution in [0.15, 0.2) is 36.0 Å². The van der Waals surface area contributed by atoms with E-state index >= 15 is 0 Å². The Balaban J connectivity index is 1.69. The van der Waals surface area contributed by atoms with Crippen LogP contribution in [-0.2, 0) is 42.5 Å². The molecule has 4 rings (SSSR count). The molecule has 0 aromatic rings. The van der Waals surface area contributed by atoms with E-state index in [-0.39, 0.29) is 60.8 Å². The lowest BCUT2D eigenvalue weighted by molar-refractivity contribution is -0.302. The van der Waals surface area contributed by atoms with Gasteiger partial charge in [0.2, 0.25) is 5.79 Å². The van der Waals surface area contributed by atoms with E-state index < -0.39 is 86.3 Å². The van der Waals surface area contributed by atoms with Crippen LogP contribution < -0.4 is 0 Å². The normalized spacial score (nSPS) is 37.8. The number of rotatable bonds is 11. The number of hydrogen-bond acceptors (Lipinski definition) is 12. The number of ketones is 1. The van der Waals surface area contributed by atoms with Gasteiger partial charge in [-0.15, -0.1) is 6.58 Å². The number of aliphatic hydroxyl groups excluding tert-OH is 2. The second-order valence-corrected chi connectivity index (χ2v) is 26.1. The molecular weight excluding hydrogens is 835 g/mol. The number of amides is 1. The monoisotopic (exact) mass is 920 g/mol. The minimum Gasteiger partial charge on any atom is -0.460 e. The zero-order valence-electron chi connectivity index (χ0n) is 41.5. The zero-order chi connectivity index (χ0) is 47.9. The number of carbonyl (C=O) groups is 3. The maximum atomic E-state index is 14.5.